The molecule has 3 rings (SSSR count). The lowest BCUT2D eigenvalue weighted by Crippen LogP contribution is -2.28. The maximum Gasteiger partial charge on any atom is 0.146 e. The molecule has 1 aromatic carbocycles. The van der Waals surface area contributed by atoms with Crippen molar-refractivity contribution in [3.05, 3.63) is 52.3 Å². The second-order valence-electron chi connectivity index (χ2n) is 5.55. The molecule has 0 aliphatic heterocycles. The first kappa shape index (κ1) is 17.1. The van der Waals surface area contributed by atoms with Crippen molar-refractivity contribution in [1.82, 2.24) is 9.97 Å². The zero-order chi connectivity index (χ0) is 17.2. The lowest BCUT2D eigenvalue weighted by molar-refractivity contribution is 0.0663. The third-order valence-corrected chi connectivity index (χ3v) is 5.25. The lowest BCUT2D eigenvalue weighted by atomic mass is 9.90. The van der Waals surface area contributed by atoms with Crippen LogP contribution in [-0.2, 0) is 5.60 Å². The summed E-state index contributed by atoms with van der Waals surface area (Å²) in [5, 5.41) is 12.8. The first-order chi connectivity index (χ1) is 11.6. The molecule has 0 bridgehead atoms. The number of aromatic nitrogens is 2. The Balaban J connectivity index is 2.16. The van der Waals surface area contributed by atoms with Gasteiger partial charge in [0.25, 0.3) is 0 Å². The summed E-state index contributed by atoms with van der Waals surface area (Å²) >= 11 is 7.52. The Bertz CT molecular complexity index is 852. The molecule has 4 nitrogen and oxygen atoms in total. The van der Waals surface area contributed by atoms with Crippen molar-refractivity contribution in [3.63, 3.8) is 0 Å². The van der Waals surface area contributed by atoms with Gasteiger partial charge in [0, 0.05) is 17.4 Å². The van der Waals surface area contributed by atoms with Crippen LogP contribution in [0.2, 0.25) is 5.02 Å². The number of thiazole rings is 1. The number of ether oxygens (including phenoxy) is 1. The minimum absolute atomic E-state index is 0.522. The van der Waals surface area contributed by atoms with Gasteiger partial charge < -0.3 is 9.84 Å². The number of aliphatic hydroxyl groups is 1. The fraction of sp³-hybridized carbons (Fsp3) is 0.333. The zero-order valence-electron chi connectivity index (χ0n) is 13.6. The molecule has 0 amide bonds. The van der Waals surface area contributed by atoms with E-state index in [2.05, 4.69) is 9.97 Å². The van der Waals surface area contributed by atoms with E-state index >= 15 is 0 Å². The van der Waals surface area contributed by atoms with E-state index in [0.717, 1.165) is 16.6 Å². The van der Waals surface area contributed by atoms with Crippen molar-refractivity contribution >= 4 is 33.2 Å². The monoisotopic (exact) mass is 362 g/mol. The molecule has 3 aromatic rings. The standard InChI is InChI=1S/C18H19ClN2O2S/c1-3-8-18(22,13-11-20-9-7-15(13)23-4-2)17-21-14-6-5-12(19)10-16(14)24-17/h5-7,9-11,22H,3-4,8H2,1-2H3. The maximum absolute atomic E-state index is 11.5. The highest BCUT2D eigenvalue weighted by Gasteiger charge is 2.37. The molecule has 0 spiro atoms. The molecule has 2 heterocycles. The summed E-state index contributed by atoms with van der Waals surface area (Å²) in [6.07, 6.45) is 4.67. The number of fused-ring (bicyclic) bond motifs is 1. The highest BCUT2D eigenvalue weighted by Crippen LogP contribution is 2.42. The highest BCUT2D eigenvalue weighted by atomic mass is 35.5. The number of hydrogen-bond donors (Lipinski definition) is 1. The van der Waals surface area contributed by atoms with Crippen molar-refractivity contribution in [2.24, 2.45) is 0 Å². The summed E-state index contributed by atoms with van der Waals surface area (Å²) in [5.41, 5.74) is 0.249. The quantitative estimate of drug-likeness (QED) is 0.685. The van der Waals surface area contributed by atoms with Gasteiger partial charge in [0.2, 0.25) is 0 Å². The minimum atomic E-state index is -1.23. The summed E-state index contributed by atoms with van der Waals surface area (Å²) in [4.78, 5) is 8.83. The predicted molar refractivity (Wildman–Crippen MR) is 97.9 cm³/mol. The van der Waals surface area contributed by atoms with Crippen molar-refractivity contribution in [2.45, 2.75) is 32.3 Å². The molecule has 0 radical (unpaired) electrons. The Morgan fingerprint density at radius 2 is 2.12 bits per heavy atom. The summed E-state index contributed by atoms with van der Waals surface area (Å²) in [7, 11) is 0. The molecular weight excluding hydrogens is 344 g/mol. The van der Waals surface area contributed by atoms with Crippen LogP contribution in [0.5, 0.6) is 5.75 Å². The molecule has 0 saturated carbocycles. The van der Waals surface area contributed by atoms with Crippen LogP contribution in [0.25, 0.3) is 10.2 Å². The largest absolute Gasteiger partial charge is 0.493 e. The van der Waals surface area contributed by atoms with E-state index in [9.17, 15) is 5.11 Å². The van der Waals surface area contributed by atoms with Crippen molar-refractivity contribution in [1.29, 1.82) is 0 Å². The fourth-order valence-corrected chi connectivity index (χ4v) is 4.14. The van der Waals surface area contributed by atoms with Crippen molar-refractivity contribution < 1.29 is 9.84 Å². The van der Waals surface area contributed by atoms with Gasteiger partial charge >= 0.3 is 0 Å². The summed E-state index contributed by atoms with van der Waals surface area (Å²) in [6, 6.07) is 7.33. The Labute approximate surface area is 150 Å². The number of rotatable bonds is 6. The molecule has 0 fully saturated rings. The van der Waals surface area contributed by atoms with Crippen LogP contribution >= 0.6 is 22.9 Å². The number of pyridine rings is 1. The number of hydrogen-bond acceptors (Lipinski definition) is 5. The first-order valence-corrected chi connectivity index (χ1v) is 9.14. The van der Waals surface area contributed by atoms with E-state index < -0.39 is 5.60 Å². The van der Waals surface area contributed by atoms with Crippen LogP contribution in [0.15, 0.2) is 36.7 Å². The summed E-state index contributed by atoms with van der Waals surface area (Å²) in [6.45, 7) is 4.48. The van der Waals surface area contributed by atoms with Gasteiger partial charge in [-0.3, -0.25) is 4.98 Å². The van der Waals surface area contributed by atoms with E-state index in [1.807, 2.05) is 32.0 Å². The van der Waals surface area contributed by atoms with Crippen molar-refractivity contribution in [2.75, 3.05) is 6.61 Å². The van der Waals surface area contributed by atoms with Crippen LogP contribution in [0.1, 0.15) is 37.3 Å². The smallest absolute Gasteiger partial charge is 0.146 e. The Kier molecular flexibility index (Phi) is 5.04. The zero-order valence-corrected chi connectivity index (χ0v) is 15.2. The van der Waals surface area contributed by atoms with Gasteiger partial charge in [-0.25, -0.2) is 4.98 Å². The summed E-state index contributed by atoms with van der Waals surface area (Å²) in [5.74, 6) is 0.640. The number of nitrogens with zero attached hydrogens (tertiary/aromatic N) is 2. The third kappa shape index (κ3) is 3.11. The van der Waals surface area contributed by atoms with E-state index in [1.54, 1.807) is 18.5 Å². The van der Waals surface area contributed by atoms with Gasteiger partial charge in [-0.05, 0) is 37.6 Å². The molecule has 6 heteroatoms. The van der Waals surface area contributed by atoms with Crippen LogP contribution < -0.4 is 4.74 Å². The van der Waals surface area contributed by atoms with E-state index in [-0.39, 0.29) is 0 Å². The molecule has 0 aliphatic rings. The highest BCUT2D eigenvalue weighted by molar-refractivity contribution is 7.18. The molecule has 1 atom stereocenters. The second-order valence-corrected chi connectivity index (χ2v) is 7.01. The van der Waals surface area contributed by atoms with E-state index in [0.29, 0.717) is 34.4 Å². The molecule has 126 valence electrons. The van der Waals surface area contributed by atoms with Gasteiger partial charge in [0.15, 0.2) is 0 Å². The topological polar surface area (TPSA) is 55.2 Å². The third-order valence-electron chi connectivity index (χ3n) is 3.84. The SMILES string of the molecule is CCCC(O)(c1nc2ccc(Cl)cc2s1)c1cnccc1OCC. The van der Waals surface area contributed by atoms with Gasteiger partial charge in [-0.1, -0.05) is 24.9 Å². The summed E-state index contributed by atoms with van der Waals surface area (Å²) < 4.78 is 6.65. The molecular formula is C18H19ClN2O2S. The van der Waals surface area contributed by atoms with Crippen LogP contribution in [0.3, 0.4) is 0 Å². The van der Waals surface area contributed by atoms with E-state index in [4.69, 9.17) is 16.3 Å². The van der Waals surface area contributed by atoms with Crippen LogP contribution in [-0.4, -0.2) is 21.7 Å². The average molecular weight is 363 g/mol. The Morgan fingerprint density at radius 3 is 2.88 bits per heavy atom. The number of benzene rings is 1. The van der Waals surface area contributed by atoms with Gasteiger partial charge in [-0.15, -0.1) is 11.3 Å². The van der Waals surface area contributed by atoms with Gasteiger partial charge in [-0.2, -0.15) is 0 Å². The van der Waals surface area contributed by atoms with Crippen LogP contribution in [0.4, 0.5) is 0 Å². The minimum Gasteiger partial charge on any atom is -0.493 e. The average Bonchev–Trinajstić information content (AvgIpc) is 2.99. The van der Waals surface area contributed by atoms with Crippen LogP contribution in [0, 0.1) is 0 Å². The maximum atomic E-state index is 11.5. The Hall–Kier alpha value is -1.69. The van der Waals surface area contributed by atoms with Gasteiger partial charge in [0.1, 0.15) is 16.4 Å². The first-order valence-electron chi connectivity index (χ1n) is 7.94. The molecule has 2 aromatic heterocycles. The molecule has 0 aliphatic carbocycles. The van der Waals surface area contributed by atoms with Crippen molar-refractivity contribution in [3.8, 4) is 5.75 Å². The molecule has 0 saturated heterocycles. The number of halogens is 1. The molecule has 1 unspecified atom stereocenters. The van der Waals surface area contributed by atoms with Gasteiger partial charge in [0.05, 0.1) is 22.4 Å². The molecule has 24 heavy (non-hydrogen) atoms. The predicted octanol–water partition coefficient (Wildman–Crippen LogP) is 4.78. The lowest BCUT2D eigenvalue weighted by Gasteiger charge is -2.27. The second kappa shape index (κ2) is 7.05. The Morgan fingerprint density at radius 1 is 1.29 bits per heavy atom. The van der Waals surface area contributed by atoms with E-state index in [1.165, 1.54) is 11.3 Å². The normalized spacial score (nSPS) is 13.8. The fourth-order valence-electron chi connectivity index (χ4n) is 2.77. The molecule has 1 N–H and O–H groups in total.